The molecular weight excluding hydrogens is 1160 g/mol. The Bertz CT molecular complexity index is 4780. The summed E-state index contributed by atoms with van der Waals surface area (Å²) in [5.41, 5.74) is 31.1. The van der Waals surface area contributed by atoms with Gasteiger partial charge in [0.05, 0.1) is 10.8 Å². The van der Waals surface area contributed by atoms with Crippen molar-refractivity contribution in [3.63, 3.8) is 0 Å². The quantitative estimate of drug-likeness (QED) is 0.0896. The predicted molar refractivity (Wildman–Crippen MR) is 407 cm³/mol. The third-order valence-electron chi connectivity index (χ3n) is 19.9. The molecule has 2 nitrogen and oxygen atoms in total. The van der Waals surface area contributed by atoms with E-state index < -0.39 is 10.8 Å². The van der Waals surface area contributed by atoms with E-state index in [0.29, 0.717) is 0 Å². The predicted octanol–water partition coefficient (Wildman–Crippen LogP) is 24.9. The number of fused-ring (bicyclic) bond motifs is 6. The molecule has 16 rings (SSSR count). The lowest BCUT2D eigenvalue weighted by atomic mass is 9.67. The van der Waals surface area contributed by atoms with Gasteiger partial charge in [-0.1, -0.05) is 318 Å². The number of hydrogen-bond acceptors (Lipinski definition) is 2. The largest absolute Gasteiger partial charge is 0.310 e. The topological polar surface area (TPSA) is 6.48 Å². The number of rotatable bonds is 17. The highest BCUT2D eigenvalue weighted by Gasteiger charge is 2.48. The van der Waals surface area contributed by atoms with Crippen molar-refractivity contribution in [3.8, 4) is 55.6 Å². The van der Waals surface area contributed by atoms with Crippen molar-refractivity contribution in [1.29, 1.82) is 0 Å². The second-order valence-electron chi connectivity index (χ2n) is 24.9. The second kappa shape index (κ2) is 24.6. The molecule has 0 saturated carbocycles. The zero-order chi connectivity index (χ0) is 64.7. The number of nitrogens with zero attached hydrogens (tertiary/aromatic N) is 2. The van der Waals surface area contributed by atoms with Crippen LogP contribution in [0.15, 0.2) is 366 Å². The number of benzene rings is 14. The van der Waals surface area contributed by atoms with Crippen molar-refractivity contribution in [2.24, 2.45) is 0 Å². The monoisotopic (exact) mass is 1220 g/mol. The van der Waals surface area contributed by atoms with Gasteiger partial charge in [-0.2, -0.15) is 0 Å². The second-order valence-corrected chi connectivity index (χ2v) is 24.9. The van der Waals surface area contributed by atoms with Crippen molar-refractivity contribution in [1.82, 2.24) is 0 Å². The molecule has 0 saturated heterocycles. The van der Waals surface area contributed by atoms with Crippen LogP contribution in [0.5, 0.6) is 0 Å². The molecule has 0 aliphatic heterocycles. The Hall–Kier alpha value is -12.4. The molecule has 2 aliphatic carbocycles. The summed E-state index contributed by atoms with van der Waals surface area (Å²) in [7, 11) is 0. The Kier molecular flexibility index (Phi) is 15.0. The van der Waals surface area contributed by atoms with Gasteiger partial charge in [0.25, 0.3) is 0 Å². The van der Waals surface area contributed by atoms with E-state index in [0.717, 1.165) is 67.5 Å². The van der Waals surface area contributed by atoms with Crippen LogP contribution < -0.4 is 9.80 Å². The first-order chi connectivity index (χ1) is 47.4. The van der Waals surface area contributed by atoms with Crippen molar-refractivity contribution >= 4 is 58.4 Å². The van der Waals surface area contributed by atoms with Gasteiger partial charge < -0.3 is 9.80 Å². The maximum absolute atomic E-state index is 4.09. The van der Waals surface area contributed by atoms with Gasteiger partial charge in [0, 0.05) is 34.1 Å². The van der Waals surface area contributed by atoms with Crippen LogP contribution in [0.2, 0.25) is 0 Å². The van der Waals surface area contributed by atoms with Gasteiger partial charge in [-0.25, -0.2) is 0 Å². The first-order valence-corrected chi connectivity index (χ1v) is 32.9. The molecule has 96 heavy (non-hydrogen) atoms. The molecule has 0 spiro atoms. The van der Waals surface area contributed by atoms with E-state index in [1.165, 1.54) is 89.0 Å². The zero-order valence-electron chi connectivity index (χ0n) is 53.4. The highest BCUT2D eigenvalue weighted by molar-refractivity contribution is 5.93. The molecule has 0 atom stereocenters. The van der Waals surface area contributed by atoms with Gasteiger partial charge >= 0.3 is 0 Å². The van der Waals surface area contributed by atoms with Gasteiger partial charge in [0.15, 0.2) is 0 Å². The van der Waals surface area contributed by atoms with Gasteiger partial charge in [0.2, 0.25) is 0 Å². The molecule has 2 heteroatoms. The summed E-state index contributed by atoms with van der Waals surface area (Å²) in [6, 6.07) is 125. The Morgan fingerprint density at radius 3 is 0.698 bits per heavy atom. The molecule has 0 amide bonds. The minimum atomic E-state index is -0.577. The molecule has 454 valence electrons. The summed E-state index contributed by atoms with van der Waals surface area (Å²) in [6.45, 7) is 16.4. The SMILES string of the molecule is C=Cc1ccc(C2(c3ccc(C=C)cc3)c3ccccc3-c3cc(N(c4ccc(-c5ccccc5)cc4)c4ccc(-c5ccc(N(c6ccc(-c7ccccc7)cc6)c6ccc7c(c6)-c6ccccc6C7(c6ccc(C=C)cc6)c6ccc(C=C)cc6)cc5)cc4)ccc32)cc1. The van der Waals surface area contributed by atoms with Crippen LogP contribution in [0, 0.1) is 0 Å². The molecule has 14 aromatic carbocycles. The summed E-state index contributed by atoms with van der Waals surface area (Å²) in [5.74, 6) is 0. The number of anilines is 6. The summed E-state index contributed by atoms with van der Waals surface area (Å²) in [4.78, 5) is 4.80. The maximum Gasteiger partial charge on any atom is 0.0713 e. The van der Waals surface area contributed by atoms with Crippen LogP contribution in [-0.4, -0.2) is 0 Å². The van der Waals surface area contributed by atoms with Crippen molar-refractivity contribution in [2.45, 2.75) is 10.8 Å². The fraction of sp³-hybridized carbons (Fsp3) is 0.0213. The van der Waals surface area contributed by atoms with Crippen LogP contribution in [0.25, 0.3) is 79.9 Å². The van der Waals surface area contributed by atoms with Crippen LogP contribution in [0.3, 0.4) is 0 Å². The Morgan fingerprint density at radius 1 is 0.198 bits per heavy atom. The fourth-order valence-corrected chi connectivity index (χ4v) is 15.2. The molecule has 14 aromatic rings. The van der Waals surface area contributed by atoms with E-state index >= 15 is 0 Å². The first-order valence-electron chi connectivity index (χ1n) is 32.9. The standard InChI is InChI=1S/C94H68N2/c1-5-65-27-43-75(44-28-65)93(76-45-29-66(6-2)30-46-76)89-25-17-15-23-85(89)87-63-83(59-61-91(87)93)95(79-51-35-71(36-52-79)69-19-11-9-12-20-69)81-55-39-73(40-56-81)74-41-57-82(58-42-74)96(80-53-37-72(38-54-80)70-21-13-10-14-22-70)84-60-62-92-88(64-84)86-24-16-18-26-90(86)94(92,77-47-31-67(7-3)32-48-77)78-49-33-68(8-4)34-50-78/h5-64H,1-4H2. The van der Waals surface area contributed by atoms with E-state index in [-0.39, 0.29) is 0 Å². The number of hydrogen-bond donors (Lipinski definition) is 0. The zero-order valence-corrected chi connectivity index (χ0v) is 53.4. The minimum Gasteiger partial charge on any atom is -0.310 e. The van der Waals surface area contributed by atoms with E-state index in [1.807, 2.05) is 24.3 Å². The molecule has 2 aliphatic rings. The maximum atomic E-state index is 4.09. The molecule has 0 fully saturated rings. The lowest BCUT2D eigenvalue weighted by molar-refractivity contribution is 0.768. The summed E-state index contributed by atoms with van der Waals surface area (Å²) in [5, 5.41) is 0. The van der Waals surface area contributed by atoms with Crippen LogP contribution in [-0.2, 0) is 10.8 Å². The summed E-state index contributed by atoms with van der Waals surface area (Å²) < 4.78 is 0. The van der Waals surface area contributed by atoms with Crippen molar-refractivity contribution in [2.75, 3.05) is 9.80 Å². The third kappa shape index (κ3) is 9.89. The van der Waals surface area contributed by atoms with E-state index in [4.69, 9.17) is 0 Å². The van der Waals surface area contributed by atoms with E-state index in [9.17, 15) is 0 Å². The Morgan fingerprint density at radius 2 is 0.427 bits per heavy atom. The molecule has 0 aromatic heterocycles. The van der Waals surface area contributed by atoms with Crippen molar-refractivity contribution in [3.05, 3.63) is 433 Å². The normalized spacial score (nSPS) is 12.7. The van der Waals surface area contributed by atoms with Gasteiger partial charge in [0.1, 0.15) is 0 Å². The molecular formula is C94H68N2. The highest BCUT2D eigenvalue weighted by Crippen LogP contribution is 2.59. The fourth-order valence-electron chi connectivity index (χ4n) is 15.2. The molecule has 0 unspecified atom stereocenters. The lowest BCUT2D eigenvalue weighted by Gasteiger charge is -2.34. The van der Waals surface area contributed by atoms with Crippen LogP contribution in [0.4, 0.5) is 34.1 Å². The molecule has 0 N–H and O–H groups in total. The first kappa shape index (κ1) is 58.7. The minimum absolute atomic E-state index is 0.577. The van der Waals surface area contributed by atoms with Gasteiger partial charge in [-0.3, -0.25) is 0 Å². The summed E-state index contributed by atoms with van der Waals surface area (Å²) >= 11 is 0. The van der Waals surface area contributed by atoms with Crippen LogP contribution in [0.1, 0.15) is 66.8 Å². The molecule has 0 bridgehead atoms. The van der Waals surface area contributed by atoms with E-state index in [1.54, 1.807) is 0 Å². The lowest BCUT2D eigenvalue weighted by Crippen LogP contribution is -2.28. The van der Waals surface area contributed by atoms with Crippen LogP contribution >= 0.6 is 0 Å². The van der Waals surface area contributed by atoms with Gasteiger partial charge in [-0.05, 0) is 195 Å². The average molecular weight is 1230 g/mol. The smallest absolute Gasteiger partial charge is 0.0713 e. The summed E-state index contributed by atoms with van der Waals surface area (Å²) in [6.07, 6.45) is 7.66. The Labute approximate surface area is 564 Å². The molecule has 0 radical (unpaired) electrons. The third-order valence-corrected chi connectivity index (χ3v) is 19.9. The molecule has 0 heterocycles. The van der Waals surface area contributed by atoms with E-state index in [2.05, 4.69) is 376 Å². The Balaban J connectivity index is 0.793. The van der Waals surface area contributed by atoms with Crippen molar-refractivity contribution < 1.29 is 0 Å². The highest BCUT2D eigenvalue weighted by atomic mass is 15.1. The van der Waals surface area contributed by atoms with Gasteiger partial charge in [-0.15, -0.1) is 0 Å². The average Bonchev–Trinajstić information content (AvgIpc) is 1.45.